The molecule has 82 valence electrons. The highest BCUT2D eigenvalue weighted by molar-refractivity contribution is 7.90. The summed E-state index contributed by atoms with van der Waals surface area (Å²) in [6.07, 6.45) is 4.14. The monoisotopic (exact) mass is 227 g/mol. The van der Waals surface area contributed by atoms with Crippen molar-refractivity contribution in [1.29, 1.82) is 0 Å². The first kappa shape index (κ1) is 9.35. The minimum absolute atomic E-state index is 0.106. The highest BCUT2D eigenvalue weighted by Gasteiger charge is 2.41. The van der Waals surface area contributed by atoms with Crippen LogP contribution in [0.2, 0.25) is 0 Å². The van der Waals surface area contributed by atoms with Gasteiger partial charge in [-0.2, -0.15) is 9.40 Å². The summed E-state index contributed by atoms with van der Waals surface area (Å²) in [6, 6.07) is 0. The van der Waals surface area contributed by atoms with Gasteiger partial charge in [-0.1, -0.05) is 0 Å². The molecule has 0 unspecified atom stereocenters. The predicted octanol–water partition coefficient (Wildman–Crippen LogP) is 0.260. The lowest BCUT2D eigenvalue weighted by Crippen LogP contribution is -2.37. The van der Waals surface area contributed by atoms with Crippen molar-refractivity contribution in [2.24, 2.45) is 0 Å². The first-order valence-corrected chi connectivity index (χ1v) is 6.68. The third-order valence-corrected chi connectivity index (χ3v) is 5.42. The Bertz CT molecular complexity index is 475. The van der Waals surface area contributed by atoms with Crippen LogP contribution in [0, 0.1) is 0 Å². The van der Waals surface area contributed by atoms with Crippen molar-refractivity contribution < 1.29 is 8.42 Å². The normalized spacial score (nSPS) is 22.7. The molecule has 6 heteroatoms. The fraction of sp³-hybridized carbons (Fsp3) is 0.667. The number of aromatic amines is 1. The summed E-state index contributed by atoms with van der Waals surface area (Å²) < 4.78 is 25.5. The van der Waals surface area contributed by atoms with Crippen LogP contribution in [-0.4, -0.2) is 34.7 Å². The molecule has 0 amide bonds. The molecular weight excluding hydrogens is 214 g/mol. The van der Waals surface area contributed by atoms with Crippen LogP contribution in [0.15, 0.2) is 6.20 Å². The van der Waals surface area contributed by atoms with Crippen LogP contribution in [0.1, 0.15) is 24.1 Å². The second-order valence-corrected chi connectivity index (χ2v) is 6.41. The van der Waals surface area contributed by atoms with Crippen molar-refractivity contribution in [2.75, 3.05) is 6.54 Å². The lowest BCUT2D eigenvalue weighted by Gasteiger charge is -2.25. The van der Waals surface area contributed by atoms with Crippen molar-refractivity contribution in [1.82, 2.24) is 14.5 Å². The molecule has 2 aliphatic rings. The second-order valence-electron chi connectivity index (χ2n) is 4.20. The highest BCUT2D eigenvalue weighted by Crippen LogP contribution is 2.33. The second kappa shape index (κ2) is 3.05. The van der Waals surface area contributed by atoms with Crippen LogP contribution in [0.3, 0.4) is 0 Å². The van der Waals surface area contributed by atoms with Gasteiger partial charge in [0.15, 0.2) is 0 Å². The molecule has 3 rings (SSSR count). The largest absolute Gasteiger partial charge is 0.282 e. The Labute approximate surface area is 88.5 Å². The van der Waals surface area contributed by atoms with Gasteiger partial charge >= 0.3 is 0 Å². The van der Waals surface area contributed by atoms with E-state index in [1.807, 2.05) is 0 Å². The van der Waals surface area contributed by atoms with Gasteiger partial charge in [0.25, 0.3) is 0 Å². The number of hydrogen-bond acceptors (Lipinski definition) is 3. The van der Waals surface area contributed by atoms with E-state index in [9.17, 15) is 8.42 Å². The maximum Gasteiger partial charge on any atom is 0.217 e. The minimum Gasteiger partial charge on any atom is -0.282 e. The average Bonchev–Trinajstić information content (AvgIpc) is 2.97. The molecule has 0 saturated heterocycles. The molecule has 0 bridgehead atoms. The van der Waals surface area contributed by atoms with Crippen LogP contribution < -0.4 is 0 Å². The van der Waals surface area contributed by atoms with Gasteiger partial charge in [0.05, 0.1) is 11.4 Å². The van der Waals surface area contributed by atoms with E-state index < -0.39 is 10.0 Å². The third-order valence-electron chi connectivity index (χ3n) is 3.07. The summed E-state index contributed by atoms with van der Waals surface area (Å²) in [5, 5.41) is 6.73. The number of fused-ring (bicyclic) bond motifs is 1. The zero-order chi connectivity index (χ0) is 10.5. The van der Waals surface area contributed by atoms with Gasteiger partial charge < -0.3 is 0 Å². The van der Waals surface area contributed by atoms with E-state index >= 15 is 0 Å². The molecule has 1 aliphatic carbocycles. The summed E-state index contributed by atoms with van der Waals surface area (Å²) in [6.45, 7) is 1.08. The van der Waals surface area contributed by atoms with Crippen molar-refractivity contribution in [3.8, 4) is 0 Å². The van der Waals surface area contributed by atoms with E-state index in [1.54, 1.807) is 10.5 Å². The number of nitrogens with zero attached hydrogens (tertiary/aromatic N) is 2. The predicted molar refractivity (Wildman–Crippen MR) is 54.6 cm³/mol. The fourth-order valence-electron chi connectivity index (χ4n) is 1.99. The van der Waals surface area contributed by atoms with Crippen LogP contribution in [0.4, 0.5) is 0 Å². The molecule has 1 N–H and O–H groups in total. The van der Waals surface area contributed by atoms with Crippen LogP contribution >= 0.6 is 0 Å². The SMILES string of the molecule is O=S(=O)(C1CC1)N1CCc2[nH]ncc2C1. The molecule has 1 aliphatic heterocycles. The van der Waals surface area contributed by atoms with Gasteiger partial charge in [-0.25, -0.2) is 8.42 Å². The lowest BCUT2D eigenvalue weighted by molar-refractivity contribution is 0.389. The first-order valence-electron chi connectivity index (χ1n) is 5.18. The van der Waals surface area contributed by atoms with E-state index in [0.29, 0.717) is 13.1 Å². The van der Waals surface area contributed by atoms with Gasteiger partial charge in [-0.3, -0.25) is 5.10 Å². The molecule has 0 aromatic carbocycles. The number of H-pyrrole nitrogens is 1. The van der Waals surface area contributed by atoms with Crippen LogP contribution in [-0.2, 0) is 23.0 Å². The van der Waals surface area contributed by atoms with Gasteiger partial charge in [0.2, 0.25) is 10.0 Å². The highest BCUT2D eigenvalue weighted by atomic mass is 32.2. The quantitative estimate of drug-likeness (QED) is 0.788. The first-order chi connectivity index (χ1) is 7.18. The minimum atomic E-state index is -3.02. The zero-order valence-corrected chi connectivity index (χ0v) is 9.13. The van der Waals surface area contributed by atoms with Crippen molar-refractivity contribution in [2.45, 2.75) is 31.1 Å². The van der Waals surface area contributed by atoms with E-state index in [-0.39, 0.29) is 5.25 Å². The smallest absolute Gasteiger partial charge is 0.217 e. The third kappa shape index (κ3) is 1.48. The zero-order valence-electron chi connectivity index (χ0n) is 8.31. The average molecular weight is 227 g/mol. The van der Waals surface area contributed by atoms with Crippen molar-refractivity contribution in [3.05, 3.63) is 17.5 Å². The molecule has 1 saturated carbocycles. The Morgan fingerprint density at radius 2 is 2.27 bits per heavy atom. The molecular formula is C9H13N3O2S. The standard InChI is InChI=1S/C9H13N3O2S/c13-15(14,8-1-2-8)12-4-3-9-7(6-12)5-10-11-9/h5,8H,1-4,6H2,(H,10,11). The van der Waals surface area contributed by atoms with E-state index in [1.165, 1.54) is 0 Å². The van der Waals surface area contributed by atoms with E-state index in [0.717, 1.165) is 30.5 Å². The number of rotatable bonds is 2. The number of aromatic nitrogens is 2. The molecule has 15 heavy (non-hydrogen) atoms. The Morgan fingerprint density at radius 1 is 1.47 bits per heavy atom. The van der Waals surface area contributed by atoms with E-state index in [2.05, 4.69) is 10.2 Å². The topological polar surface area (TPSA) is 66.1 Å². The Hall–Kier alpha value is -0.880. The molecule has 5 nitrogen and oxygen atoms in total. The lowest BCUT2D eigenvalue weighted by atomic mass is 10.1. The van der Waals surface area contributed by atoms with Gasteiger partial charge in [0.1, 0.15) is 0 Å². The Balaban J connectivity index is 1.87. The summed E-state index contributed by atoms with van der Waals surface area (Å²) >= 11 is 0. The van der Waals surface area contributed by atoms with Crippen molar-refractivity contribution >= 4 is 10.0 Å². The van der Waals surface area contributed by atoms with Crippen LogP contribution in [0.5, 0.6) is 0 Å². The molecule has 0 atom stereocenters. The Kier molecular flexibility index (Phi) is 1.90. The number of sulfonamides is 1. The van der Waals surface area contributed by atoms with Crippen molar-refractivity contribution in [3.63, 3.8) is 0 Å². The van der Waals surface area contributed by atoms with Gasteiger partial charge in [-0.15, -0.1) is 0 Å². The maximum atomic E-state index is 12.0. The number of hydrogen-bond donors (Lipinski definition) is 1. The van der Waals surface area contributed by atoms with Gasteiger partial charge in [-0.05, 0) is 12.8 Å². The Morgan fingerprint density at radius 3 is 3.00 bits per heavy atom. The molecule has 1 aromatic heterocycles. The van der Waals surface area contributed by atoms with Crippen LogP contribution in [0.25, 0.3) is 0 Å². The molecule has 1 fully saturated rings. The summed E-state index contributed by atoms with van der Waals surface area (Å²) in [5.41, 5.74) is 2.10. The van der Waals surface area contributed by atoms with Gasteiger partial charge in [0, 0.05) is 30.8 Å². The summed E-state index contributed by atoms with van der Waals surface area (Å²) in [4.78, 5) is 0. The van der Waals surface area contributed by atoms with E-state index in [4.69, 9.17) is 0 Å². The summed E-state index contributed by atoms with van der Waals surface area (Å²) in [7, 11) is -3.02. The molecule has 0 radical (unpaired) electrons. The molecule has 1 aromatic rings. The molecule has 2 heterocycles. The molecule has 0 spiro atoms. The fourth-order valence-corrected chi connectivity index (χ4v) is 3.81. The summed E-state index contributed by atoms with van der Waals surface area (Å²) in [5.74, 6) is 0. The number of nitrogens with one attached hydrogen (secondary N) is 1. The maximum absolute atomic E-state index is 12.0.